The second-order valence-corrected chi connectivity index (χ2v) is 3.56. The van der Waals surface area contributed by atoms with E-state index in [0.29, 0.717) is 5.95 Å². The molecule has 2 aromatic heterocycles. The Morgan fingerprint density at radius 3 is 2.94 bits per heavy atom. The minimum absolute atomic E-state index is 0.382. The van der Waals surface area contributed by atoms with Crippen LogP contribution in [0.4, 0.5) is 5.95 Å². The van der Waals surface area contributed by atoms with Gasteiger partial charge in [0, 0.05) is 17.1 Å². The first-order chi connectivity index (χ1) is 8.38. The van der Waals surface area contributed by atoms with Gasteiger partial charge < -0.3 is 4.42 Å². The number of nitrogen functional groups attached to an aromatic ring is 1. The van der Waals surface area contributed by atoms with Crippen molar-refractivity contribution in [2.24, 2.45) is 5.84 Å². The van der Waals surface area contributed by atoms with Crippen LogP contribution in [-0.2, 0) is 0 Å². The first-order valence-electron chi connectivity index (χ1n) is 5.15. The number of hydrogen-bond acceptors (Lipinski definition) is 5. The number of para-hydroxylation sites is 1. The van der Waals surface area contributed by atoms with Gasteiger partial charge in [0.05, 0.1) is 5.69 Å². The molecule has 3 rings (SSSR count). The predicted octanol–water partition coefficient (Wildman–Crippen LogP) is 2.18. The molecule has 0 bridgehead atoms. The lowest BCUT2D eigenvalue weighted by atomic mass is 10.1. The van der Waals surface area contributed by atoms with Crippen molar-refractivity contribution in [3.63, 3.8) is 0 Å². The van der Waals surface area contributed by atoms with E-state index < -0.39 is 0 Å². The van der Waals surface area contributed by atoms with E-state index in [1.807, 2.05) is 30.3 Å². The zero-order valence-corrected chi connectivity index (χ0v) is 8.92. The summed E-state index contributed by atoms with van der Waals surface area (Å²) in [5, 5.41) is 1.02. The minimum atomic E-state index is 0.382. The number of rotatable bonds is 2. The Hall–Kier alpha value is -2.40. The first-order valence-corrected chi connectivity index (χ1v) is 5.15. The van der Waals surface area contributed by atoms with Crippen LogP contribution in [0.3, 0.4) is 0 Å². The molecule has 0 saturated carbocycles. The van der Waals surface area contributed by atoms with Crippen molar-refractivity contribution < 1.29 is 4.42 Å². The molecule has 5 nitrogen and oxygen atoms in total. The Balaban J connectivity index is 2.20. The second kappa shape index (κ2) is 3.88. The number of fused-ring (bicyclic) bond motifs is 1. The zero-order chi connectivity index (χ0) is 11.7. The fourth-order valence-corrected chi connectivity index (χ4v) is 1.75. The summed E-state index contributed by atoms with van der Waals surface area (Å²) in [4.78, 5) is 8.25. The van der Waals surface area contributed by atoms with E-state index in [1.165, 1.54) is 0 Å². The van der Waals surface area contributed by atoms with Crippen LogP contribution < -0.4 is 11.3 Å². The Morgan fingerprint density at radius 1 is 1.18 bits per heavy atom. The second-order valence-electron chi connectivity index (χ2n) is 3.56. The van der Waals surface area contributed by atoms with E-state index in [1.54, 1.807) is 12.5 Å². The molecule has 0 radical (unpaired) electrons. The molecule has 0 amide bonds. The number of nitrogens with one attached hydrogen (secondary N) is 1. The van der Waals surface area contributed by atoms with Gasteiger partial charge in [-0.05, 0) is 12.1 Å². The SMILES string of the molecule is NNc1nccc(-c2coc3ccccc23)n1. The summed E-state index contributed by atoms with van der Waals surface area (Å²) >= 11 is 0. The largest absolute Gasteiger partial charge is 0.464 e. The van der Waals surface area contributed by atoms with Crippen LogP contribution in [0.25, 0.3) is 22.2 Å². The highest BCUT2D eigenvalue weighted by Gasteiger charge is 2.09. The van der Waals surface area contributed by atoms with Crippen molar-refractivity contribution in [2.75, 3.05) is 5.43 Å². The van der Waals surface area contributed by atoms with Crippen LogP contribution in [0.5, 0.6) is 0 Å². The molecule has 17 heavy (non-hydrogen) atoms. The molecule has 2 heterocycles. The van der Waals surface area contributed by atoms with Gasteiger partial charge in [-0.3, -0.25) is 5.43 Å². The molecule has 0 saturated heterocycles. The van der Waals surface area contributed by atoms with E-state index in [9.17, 15) is 0 Å². The molecule has 0 fully saturated rings. The summed E-state index contributed by atoms with van der Waals surface area (Å²) < 4.78 is 5.46. The Morgan fingerprint density at radius 2 is 2.06 bits per heavy atom. The molecule has 0 aliphatic rings. The van der Waals surface area contributed by atoms with Gasteiger partial charge in [-0.2, -0.15) is 0 Å². The molecular formula is C12H10N4O. The number of nitrogens with two attached hydrogens (primary N) is 1. The van der Waals surface area contributed by atoms with Crippen molar-refractivity contribution in [1.82, 2.24) is 9.97 Å². The number of hydrazine groups is 1. The Bertz CT molecular complexity index is 662. The van der Waals surface area contributed by atoms with E-state index >= 15 is 0 Å². The topological polar surface area (TPSA) is 77.0 Å². The van der Waals surface area contributed by atoms with Crippen molar-refractivity contribution in [3.8, 4) is 11.3 Å². The van der Waals surface area contributed by atoms with Gasteiger partial charge in [-0.15, -0.1) is 0 Å². The summed E-state index contributed by atoms with van der Waals surface area (Å²) in [5.74, 6) is 5.67. The molecule has 0 atom stereocenters. The lowest BCUT2D eigenvalue weighted by Crippen LogP contribution is -2.10. The molecule has 84 valence electrons. The smallest absolute Gasteiger partial charge is 0.237 e. The van der Waals surface area contributed by atoms with Crippen LogP contribution in [0, 0.1) is 0 Å². The Kier molecular flexibility index (Phi) is 2.23. The molecular weight excluding hydrogens is 216 g/mol. The van der Waals surface area contributed by atoms with Crippen molar-refractivity contribution in [3.05, 3.63) is 42.8 Å². The van der Waals surface area contributed by atoms with E-state index in [4.69, 9.17) is 10.3 Å². The summed E-state index contributed by atoms with van der Waals surface area (Å²) in [6.07, 6.45) is 3.34. The predicted molar refractivity (Wildman–Crippen MR) is 65.1 cm³/mol. The summed E-state index contributed by atoms with van der Waals surface area (Å²) in [5.41, 5.74) is 4.97. The summed E-state index contributed by atoms with van der Waals surface area (Å²) in [7, 11) is 0. The highest BCUT2D eigenvalue weighted by molar-refractivity contribution is 5.92. The van der Waals surface area contributed by atoms with Gasteiger partial charge in [0.25, 0.3) is 0 Å². The zero-order valence-electron chi connectivity index (χ0n) is 8.92. The van der Waals surface area contributed by atoms with Gasteiger partial charge in [0.1, 0.15) is 11.8 Å². The van der Waals surface area contributed by atoms with Gasteiger partial charge in [-0.1, -0.05) is 18.2 Å². The lowest BCUT2D eigenvalue weighted by molar-refractivity contribution is 0.617. The van der Waals surface area contributed by atoms with E-state index in [-0.39, 0.29) is 0 Å². The summed E-state index contributed by atoms with van der Waals surface area (Å²) in [6, 6.07) is 9.62. The number of nitrogens with zero attached hydrogens (tertiary/aromatic N) is 2. The molecule has 0 spiro atoms. The van der Waals surface area contributed by atoms with Crippen LogP contribution in [0.15, 0.2) is 47.2 Å². The molecule has 3 N–H and O–H groups in total. The van der Waals surface area contributed by atoms with Gasteiger partial charge >= 0.3 is 0 Å². The molecule has 3 aromatic rings. The highest BCUT2D eigenvalue weighted by atomic mass is 16.3. The number of aromatic nitrogens is 2. The Labute approximate surface area is 97.3 Å². The number of furan rings is 1. The molecule has 0 aliphatic carbocycles. The first kappa shape index (κ1) is 9.80. The highest BCUT2D eigenvalue weighted by Crippen LogP contribution is 2.29. The third-order valence-electron chi connectivity index (χ3n) is 2.54. The molecule has 0 aliphatic heterocycles. The maximum absolute atomic E-state index is 5.46. The summed E-state index contributed by atoms with van der Waals surface area (Å²) in [6.45, 7) is 0. The van der Waals surface area contributed by atoms with Crippen molar-refractivity contribution in [1.29, 1.82) is 0 Å². The standard InChI is InChI=1S/C12H10N4O/c13-16-12-14-6-5-10(15-12)9-7-17-11-4-2-1-3-8(9)11/h1-7H,13H2,(H,14,15,16). The normalized spacial score (nSPS) is 10.6. The molecule has 1 aromatic carbocycles. The van der Waals surface area contributed by atoms with Gasteiger partial charge in [-0.25, -0.2) is 15.8 Å². The van der Waals surface area contributed by atoms with Gasteiger partial charge in [0.2, 0.25) is 5.95 Å². The fourth-order valence-electron chi connectivity index (χ4n) is 1.75. The average Bonchev–Trinajstić information content (AvgIpc) is 2.82. The number of anilines is 1. The molecule has 5 heteroatoms. The van der Waals surface area contributed by atoms with Crippen LogP contribution in [-0.4, -0.2) is 9.97 Å². The van der Waals surface area contributed by atoms with Crippen LogP contribution in [0.2, 0.25) is 0 Å². The van der Waals surface area contributed by atoms with E-state index in [2.05, 4.69) is 15.4 Å². The average molecular weight is 226 g/mol. The fraction of sp³-hybridized carbons (Fsp3) is 0. The van der Waals surface area contributed by atoms with E-state index in [0.717, 1.165) is 22.2 Å². The number of benzene rings is 1. The maximum atomic E-state index is 5.46. The number of hydrogen-bond donors (Lipinski definition) is 2. The van der Waals surface area contributed by atoms with Crippen LogP contribution >= 0.6 is 0 Å². The van der Waals surface area contributed by atoms with Gasteiger partial charge in [0.15, 0.2) is 0 Å². The monoisotopic (exact) mass is 226 g/mol. The third-order valence-corrected chi connectivity index (χ3v) is 2.54. The minimum Gasteiger partial charge on any atom is -0.464 e. The van der Waals surface area contributed by atoms with Crippen molar-refractivity contribution in [2.45, 2.75) is 0 Å². The lowest BCUT2D eigenvalue weighted by Gasteiger charge is -2.00. The maximum Gasteiger partial charge on any atom is 0.237 e. The van der Waals surface area contributed by atoms with Crippen molar-refractivity contribution >= 4 is 16.9 Å². The quantitative estimate of drug-likeness (QED) is 0.517. The third kappa shape index (κ3) is 1.62. The van der Waals surface area contributed by atoms with Crippen LogP contribution in [0.1, 0.15) is 0 Å². The molecule has 0 unspecified atom stereocenters.